The fourth-order valence-electron chi connectivity index (χ4n) is 1.56. The molecule has 0 atom stereocenters. The van der Waals surface area contributed by atoms with Crippen LogP contribution in [0, 0.1) is 0 Å². The van der Waals surface area contributed by atoms with Crippen LogP contribution >= 0.6 is 23.2 Å². The second-order valence-corrected chi connectivity index (χ2v) is 5.11. The molecule has 6 nitrogen and oxygen atoms in total. The molecule has 2 rings (SSSR count). The van der Waals surface area contributed by atoms with E-state index in [-0.39, 0.29) is 11.6 Å². The van der Waals surface area contributed by atoms with Gasteiger partial charge >= 0.3 is 12.1 Å². The quantitative estimate of drug-likeness (QED) is 0.760. The molecule has 118 valence electrons. The van der Waals surface area contributed by atoms with Crippen LogP contribution in [-0.4, -0.2) is 12.1 Å². The summed E-state index contributed by atoms with van der Waals surface area (Å²) in [6, 6.07) is 12.7. The normalized spacial score (nSPS) is 10.5. The molecule has 8 heteroatoms. The molecule has 0 aliphatic carbocycles. The summed E-state index contributed by atoms with van der Waals surface area (Å²) in [5.41, 5.74) is 1.18. The third-order valence-electron chi connectivity index (χ3n) is 2.60. The fraction of sp³-hybridized carbons (Fsp3) is 0.0667. The van der Waals surface area contributed by atoms with Crippen molar-refractivity contribution in [3.63, 3.8) is 0 Å². The summed E-state index contributed by atoms with van der Waals surface area (Å²) >= 11 is 11.6. The monoisotopic (exact) mass is 351 g/mol. The average molecular weight is 352 g/mol. The number of azo groups is 1. The van der Waals surface area contributed by atoms with Gasteiger partial charge in [0.25, 0.3) is 0 Å². The minimum absolute atomic E-state index is 0.0487. The molecule has 1 N–H and O–H groups in total. The van der Waals surface area contributed by atoms with Gasteiger partial charge in [0.15, 0.2) is 0 Å². The third-order valence-corrected chi connectivity index (χ3v) is 3.34. The molecule has 0 aromatic heterocycles. The van der Waals surface area contributed by atoms with Gasteiger partial charge in [-0.3, -0.25) is 0 Å². The van der Waals surface area contributed by atoms with E-state index in [4.69, 9.17) is 27.9 Å². The second kappa shape index (κ2) is 8.26. The first kappa shape index (κ1) is 16.9. The maximum absolute atomic E-state index is 11.5. The molecule has 0 unspecified atom stereocenters. The zero-order valence-corrected chi connectivity index (χ0v) is 13.2. The van der Waals surface area contributed by atoms with E-state index in [0.29, 0.717) is 10.7 Å². The molecule has 0 aliphatic heterocycles. The largest absolute Gasteiger partial charge is 0.452 e. The first-order valence-corrected chi connectivity index (χ1v) is 7.18. The predicted molar refractivity (Wildman–Crippen MR) is 87.0 cm³/mol. The molecule has 2 aromatic rings. The van der Waals surface area contributed by atoms with Gasteiger partial charge in [0, 0.05) is 5.69 Å². The lowest BCUT2D eigenvalue weighted by Gasteiger charge is -2.02. The summed E-state index contributed by atoms with van der Waals surface area (Å²) in [5, 5.41) is 9.40. The van der Waals surface area contributed by atoms with Gasteiger partial charge in [0.2, 0.25) is 0 Å². The van der Waals surface area contributed by atoms with Crippen LogP contribution < -0.4 is 5.32 Å². The van der Waals surface area contributed by atoms with E-state index in [0.717, 1.165) is 5.56 Å². The summed E-state index contributed by atoms with van der Waals surface area (Å²) in [6.07, 6.45) is -0.960. The van der Waals surface area contributed by atoms with Crippen LogP contribution in [0.1, 0.15) is 5.56 Å². The highest BCUT2D eigenvalue weighted by molar-refractivity contribution is 6.42. The summed E-state index contributed by atoms with van der Waals surface area (Å²) in [5.74, 6) is 0. The molecule has 2 aromatic carbocycles. The standard InChI is InChI=1S/C15H11Cl2N3O3/c16-12-7-6-11(8-13(12)17)18-14(21)19-20-15(22)23-9-10-4-2-1-3-5-10/h1-8H,9H2,(H,18,21)/b20-19+. The highest BCUT2D eigenvalue weighted by atomic mass is 35.5. The number of nitrogens with one attached hydrogen (secondary N) is 1. The van der Waals surface area contributed by atoms with Gasteiger partial charge in [-0.05, 0) is 23.8 Å². The highest BCUT2D eigenvalue weighted by Gasteiger charge is 2.05. The molecule has 0 heterocycles. The average Bonchev–Trinajstić information content (AvgIpc) is 2.55. The number of carbonyl (C=O) groups excluding carboxylic acids is 2. The van der Waals surface area contributed by atoms with Gasteiger partial charge in [-0.1, -0.05) is 63.8 Å². The number of hydrogen-bond donors (Lipinski definition) is 1. The number of benzene rings is 2. The van der Waals surface area contributed by atoms with Crippen LogP contribution in [0.5, 0.6) is 0 Å². The molecular weight excluding hydrogens is 341 g/mol. The number of carbonyl (C=O) groups is 2. The summed E-state index contributed by atoms with van der Waals surface area (Å²) in [4.78, 5) is 22.9. The van der Waals surface area contributed by atoms with Crippen LogP contribution in [-0.2, 0) is 11.3 Å². The SMILES string of the molecule is O=C(/N=N/C(=O)OCc1ccccc1)Nc1ccc(Cl)c(Cl)c1. The van der Waals surface area contributed by atoms with Gasteiger partial charge in [-0.2, -0.15) is 0 Å². The van der Waals surface area contributed by atoms with Crippen molar-refractivity contribution in [3.05, 3.63) is 64.1 Å². The molecular formula is C15H11Cl2N3O3. The Morgan fingerprint density at radius 2 is 1.74 bits per heavy atom. The predicted octanol–water partition coefficient (Wildman–Crippen LogP) is 5.31. The Bertz CT molecular complexity index is 736. The van der Waals surface area contributed by atoms with E-state index in [1.165, 1.54) is 18.2 Å². The van der Waals surface area contributed by atoms with E-state index >= 15 is 0 Å². The number of nitrogens with zero attached hydrogens (tertiary/aromatic N) is 2. The zero-order chi connectivity index (χ0) is 16.7. The number of ether oxygens (including phenoxy) is 1. The Labute approximate surface area is 142 Å². The van der Waals surface area contributed by atoms with E-state index in [9.17, 15) is 9.59 Å². The number of anilines is 1. The number of amides is 3. The van der Waals surface area contributed by atoms with Crippen molar-refractivity contribution in [2.24, 2.45) is 10.2 Å². The lowest BCUT2D eigenvalue weighted by atomic mass is 10.2. The van der Waals surface area contributed by atoms with Gasteiger partial charge in [0.05, 0.1) is 10.0 Å². The lowest BCUT2D eigenvalue weighted by molar-refractivity contribution is 0.148. The maximum atomic E-state index is 11.5. The molecule has 0 saturated heterocycles. The van der Waals surface area contributed by atoms with Crippen molar-refractivity contribution >= 4 is 41.0 Å². The molecule has 0 fully saturated rings. The van der Waals surface area contributed by atoms with E-state index in [1.807, 2.05) is 18.2 Å². The first-order chi connectivity index (χ1) is 11.0. The molecule has 0 spiro atoms. The lowest BCUT2D eigenvalue weighted by Crippen LogP contribution is -2.07. The Kier molecular flexibility index (Phi) is 6.08. The van der Waals surface area contributed by atoms with Crippen LogP contribution in [0.25, 0.3) is 0 Å². The van der Waals surface area contributed by atoms with Gasteiger partial charge in [0.1, 0.15) is 6.61 Å². The van der Waals surface area contributed by atoms with Crippen molar-refractivity contribution in [3.8, 4) is 0 Å². The number of rotatable bonds is 3. The second-order valence-electron chi connectivity index (χ2n) is 4.30. The molecule has 3 amide bonds. The Hall–Kier alpha value is -2.44. The zero-order valence-electron chi connectivity index (χ0n) is 11.7. The van der Waals surface area contributed by atoms with Gasteiger partial charge < -0.3 is 10.1 Å². The maximum Gasteiger partial charge on any atom is 0.452 e. The van der Waals surface area contributed by atoms with Crippen LogP contribution in [0.15, 0.2) is 58.8 Å². The molecule has 0 bridgehead atoms. The van der Waals surface area contributed by atoms with E-state index in [2.05, 4.69) is 15.5 Å². The topological polar surface area (TPSA) is 80.1 Å². The van der Waals surface area contributed by atoms with Gasteiger partial charge in [-0.15, -0.1) is 0 Å². The van der Waals surface area contributed by atoms with Crippen molar-refractivity contribution in [2.45, 2.75) is 6.61 Å². The Morgan fingerprint density at radius 1 is 1.00 bits per heavy atom. The Morgan fingerprint density at radius 3 is 2.43 bits per heavy atom. The van der Waals surface area contributed by atoms with Crippen LogP contribution in [0.2, 0.25) is 10.0 Å². The van der Waals surface area contributed by atoms with Crippen molar-refractivity contribution < 1.29 is 14.3 Å². The summed E-state index contributed by atoms with van der Waals surface area (Å²) in [7, 11) is 0. The minimum atomic E-state index is -0.960. The van der Waals surface area contributed by atoms with Crippen LogP contribution in [0.4, 0.5) is 15.3 Å². The van der Waals surface area contributed by atoms with E-state index < -0.39 is 12.1 Å². The first-order valence-electron chi connectivity index (χ1n) is 6.43. The number of urea groups is 1. The smallest absolute Gasteiger partial charge is 0.442 e. The van der Waals surface area contributed by atoms with Gasteiger partial charge in [-0.25, -0.2) is 9.59 Å². The van der Waals surface area contributed by atoms with E-state index in [1.54, 1.807) is 12.1 Å². The number of hydrogen-bond acceptors (Lipinski definition) is 3. The Balaban J connectivity index is 1.82. The highest BCUT2D eigenvalue weighted by Crippen LogP contribution is 2.25. The number of halogens is 2. The van der Waals surface area contributed by atoms with Crippen molar-refractivity contribution in [1.29, 1.82) is 0 Å². The fourth-order valence-corrected chi connectivity index (χ4v) is 1.85. The van der Waals surface area contributed by atoms with Crippen molar-refractivity contribution in [2.75, 3.05) is 5.32 Å². The third kappa shape index (κ3) is 5.69. The van der Waals surface area contributed by atoms with Crippen molar-refractivity contribution in [1.82, 2.24) is 0 Å². The molecule has 0 saturated carbocycles. The summed E-state index contributed by atoms with van der Waals surface area (Å²) in [6.45, 7) is 0.0487. The summed E-state index contributed by atoms with van der Waals surface area (Å²) < 4.78 is 4.85. The molecule has 23 heavy (non-hydrogen) atoms. The van der Waals surface area contributed by atoms with Crippen LogP contribution in [0.3, 0.4) is 0 Å². The molecule has 0 radical (unpaired) electrons. The molecule has 0 aliphatic rings. The minimum Gasteiger partial charge on any atom is -0.442 e.